The highest BCUT2D eigenvalue weighted by Gasteiger charge is 2.44. The lowest BCUT2D eigenvalue weighted by Crippen LogP contribution is -2.67. The predicted molar refractivity (Wildman–Crippen MR) is 75.4 cm³/mol. The topological polar surface area (TPSA) is 78.7 Å². The summed E-state index contributed by atoms with van der Waals surface area (Å²) >= 11 is 0. The first-order valence-corrected chi connectivity index (χ1v) is 6.73. The Kier molecular flexibility index (Phi) is 2.81. The third kappa shape index (κ3) is 1.79. The van der Waals surface area contributed by atoms with Gasteiger partial charge in [0.25, 0.3) is 5.91 Å². The van der Waals surface area contributed by atoms with Crippen LogP contribution in [-0.4, -0.2) is 42.6 Å². The van der Waals surface area contributed by atoms with Crippen LogP contribution < -0.4 is 16.0 Å². The predicted octanol–water partition coefficient (Wildman–Crippen LogP) is 0.737. The van der Waals surface area contributed by atoms with E-state index in [-0.39, 0.29) is 5.91 Å². The van der Waals surface area contributed by atoms with Crippen LogP contribution in [0.4, 0.5) is 10.5 Å². The molecule has 1 spiro atoms. The van der Waals surface area contributed by atoms with Gasteiger partial charge in [0.1, 0.15) is 5.66 Å². The molecule has 3 N–H and O–H groups in total. The normalized spacial score (nSPS) is 20.6. The quantitative estimate of drug-likeness (QED) is 0.732. The van der Waals surface area contributed by atoms with E-state index in [9.17, 15) is 9.59 Å². The van der Waals surface area contributed by atoms with Gasteiger partial charge in [0.15, 0.2) is 0 Å². The number of primary amides is 1. The number of urea groups is 1. The number of nitrogens with zero attached hydrogens (tertiary/aromatic N) is 2. The van der Waals surface area contributed by atoms with Crippen LogP contribution in [-0.2, 0) is 0 Å². The largest absolute Gasteiger partial charge is 0.351 e. The Balaban J connectivity index is 1.90. The van der Waals surface area contributed by atoms with Crippen LogP contribution in [0.2, 0.25) is 0 Å². The number of fused-ring (bicyclic) bond motifs is 1. The van der Waals surface area contributed by atoms with E-state index < -0.39 is 11.7 Å². The summed E-state index contributed by atoms with van der Waals surface area (Å²) in [7, 11) is 1.98. The Morgan fingerprint density at radius 3 is 2.60 bits per heavy atom. The van der Waals surface area contributed by atoms with Gasteiger partial charge in [-0.1, -0.05) is 12.1 Å². The van der Waals surface area contributed by atoms with Crippen molar-refractivity contribution in [3.05, 3.63) is 29.8 Å². The van der Waals surface area contributed by atoms with Crippen LogP contribution >= 0.6 is 0 Å². The average molecular weight is 274 g/mol. The van der Waals surface area contributed by atoms with Crippen LogP contribution in [0.5, 0.6) is 0 Å². The third-order valence-corrected chi connectivity index (χ3v) is 4.40. The Morgan fingerprint density at radius 1 is 1.30 bits per heavy atom. The molecule has 0 radical (unpaired) electrons. The molecule has 0 bridgehead atoms. The number of carbonyl (C=O) groups excluding carboxylic acids is 2. The first-order valence-electron chi connectivity index (χ1n) is 6.73. The standard InChI is InChI=1S/C14H18N4O2/c1-17-11-5-3-2-4-10(11)12(19)16-14(17)6-8-18(9-7-14)13(15)20/h2-5H,6-9H2,1H3,(H2,15,20)(H,16,19). The molecular formula is C14H18N4O2. The number of amides is 3. The molecule has 1 fully saturated rings. The van der Waals surface area contributed by atoms with E-state index in [0.717, 1.165) is 5.69 Å². The molecular weight excluding hydrogens is 256 g/mol. The highest BCUT2D eigenvalue weighted by Crippen LogP contribution is 2.35. The zero-order valence-corrected chi connectivity index (χ0v) is 11.4. The first kappa shape index (κ1) is 12.8. The lowest BCUT2D eigenvalue weighted by molar-refractivity contribution is 0.0814. The molecule has 6 heteroatoms. The van der Waals surface area contributed by atoms with Crippen LogP contribution in [0.25, 0.3) is 0 Å². The summed E-state index contributed by atoms with van der Waals surface area (Å²) < 4.78 is 0. The van der Waals surface area contributed by atoms with Crippen molar-refractivity contribution < 1.29 is 9.59 Å². The van der Waals surface area contributed by atoms with Gasteiger partial charge >= 0.3 is 6.03 Å². The van der Waals surface area contributed by atoms with Crippen molar-refractivity contribution in [2.75, 3.05) is 25.0 Å². The smallest absolute Gasteiger partial charge is 0.314 e. The molecule has 1 aromatic rings. The number of benzene rings is 1. The van der Waals surface area contributed by atoms with Crippen LogP contribution in [0.1, 0.15) is 23.2 Å². The van der Waals surface area contributed by atoms with E-state index in [4.69, 9.17) is 5.73 Å². The third-order valence-electron chi connectivity index (χ3n) is 4.40. The van der Waals surface area contributed by atoms with Crippen molar-refractivity contribution in [2.24, 2.45) is 5.73 Å². The molecule has 2 heterocycles. The highest BCUT2D eigenvalue weighted by atomic mass is 16.2. The van der Waals surface area contributed by atoms with Gasteiger partial charge in [-0.25, -0.2) is 4.79 Å². The van der Waals surface area contributed by atoms with Gasteiger partial charge in [-0.05, 0) is 12.1 Å². The molecule has 0 saturated carbocycles. The fraction of sp³-hybridized carbons (Fsp3) is 0.429. The molecule has 20 heavy (non-hydrogen) atoms. The summed E-state index contributed by atoms with van der Waals surface area (Å²) in [5.74, 6) is -0.0498. The number of para-hydroxylation sites is 1. The summed E-state index contributed by atoms with van der Waals surface area (Å²) in [6, 6.07) is 7.17. The van der Waals surface area contributed by atoms with Crippen molar-refractivity contribution in [1.82, 2.24) is 10.2 Å². The van der Waals surface area contributed by atoms with E-state index >= 15 is 0 Å². The number of piperidine rings is 1. The van der Waals surface area contributed by atoms with Crippen LogP contribution in [0.15, 0.2) is 24.3 Å². The number of anilines is 1. The maximum atomic E-state index is 12.3. The second kappa shape index (κ2) is 4.40. The van der Waals surface area contributed by atoms with E-state index in [2.05, 4.69) is 10.2 Å². The maximum absolute atomic E-state index is 12.3. The van der Waals surface area contributed by atoms with E-state index in [0.29, 0.717) is 31.5 Å². The van der Waals surface area contributed by atoms with Crippen LogP contribution in [0, 0.1) is 0 Å². The molecule has 3 amide bonds. The maximum Gasteiger partial charge on any atom is 0.314 e. The lowest BCUT2D eigenvalue weighted by Gasteiger charge is -2.51. The molecule has 0 aromatic heterocycles. The second-order valence-corrected chi connectivity index (χ2v) is 5.39. The van der Waals surface area contributed by atoms with Crippen molar-refractivity contribution in [3.63, 3.8) is 0 Å². The minimum absolute atomic E-state index is 0.0498. The zero-order chi connectivity index (χ0) is 14.3. The first-order chi connectivity index (χ1) is 9.53. The van der Waals surface area contributed by atoms with Gasteiger partial charge in [-0.15, -0.1) is 0 Å². The summed E-state index contributed by atoms with van der Waals surface area (Å²) in [6.45, 7) is 1.12. The molecule has 0 atom stereocenters. The van der Waals surface area contributed by atoms with E-state index in [1.165, 1.54) is 0 Å². The van der Waals surface area contributed by atoms with Crippen molar-refractivity contribution in [2.45, 2.75) is 18.5 Å². The highest BCUT2D eigenvalue weighted by molar-refractivity contribution is 6.02. The Hall–Kier alpha value is -2.24. The van der Waals surface area contributed by atoms with Gasteiger partial charge < -0.3 is 20.9 Å². The number of rotatable bonds is 0. The van der Waals surface area contributed by atoms with Gasteiger partial charge in [-0.3, -0.25) is 4.79 Å². The summed E-state index contributed by atoms with van der Waals surface area (Å²) in [4.78, 5) is 27.2. The number of nitrogens with one attached hydrogen (secondary N) is 1. The number of hydrogen-bond donors (Lipinski definition) is 2. The van der Waals surface area contributed by atoms with E-state index in [1.807, 2.05) is 31.3 Å². The molecule has 1 aromatic carbocycles. The minimum atomic E-state index is -0.419. The summed E-state index contributed by atoms with van der Waals surface area (Å²) in [5, 5.41) is 3.11. The van der Waals surface area contributed by atoms with E-state index in [1.54, 1.807) is 4.90 Å². The Labute approximate surface area is 117 Å². The average Bonchev–Trinajstić information content (AvgIpc) is 2.46. The van der Waals surface area contributed by atoms with Crippen molar-refractivity contribution in [1.29, 1.82) is 0 Å². The van der Waals surface area contributed by atoms with Gasteiger partial charge in [0.2, 0.25) is 0 Å². The number of nitrogens with two attached hydrogens (primary N) is 1. The molecule has 1 saturated heterocycles. The summed E-state index contributed by atoms with van der Waals surface area (Å²) in [6.07, 6.45) is 1.35. The van der Waals surface area contributed by atoms with Crippen molar-refractivity contribution in [3.8, 4) is 0 Å². The molecule has 3 rings (SSSR count). The minimum Gasteiger partial charge on any atom is -0.351 e. The van der Waals surface area contributed by atoms with Gasteiger partial charge in [-0.2, -0.15) is 0 Å². The lowest BCUT2D eigenvalue weighted by atomic mass is 9.90. The van der Waals surface area contributed by atoms with Crippen LogP contribution in [0.3, 0.4) is 0 Å². The SMILES string of the molecule is CN1c2ccccc2C(=O)NC12CCN(C(N)=O)CC2. The monoisotopic (exact) mass is 274 g/mol. The summed E-state index contributed by atoms with van der Waals surface area (Å²) in [5.41, 5.74) is 6.52. The molecule has 106 valence electrons. The van der Waals surface area contributed by atoms with Gasteiger partial charge in [0.05, 0.1) is 11.3 Å². The Morgan fingerprint density at radius 2 is 1.95 bits per heavy atom. The molecule has 0 aliphatic carbocycles. The second-order valence-electron chi connectivity index (χ2n) is 5.39. The number of carbonyl (C=O) groups is 2. The fourth-order valence-corrected chi connectivity index (χ4v) is 3.11. The van der Waals surface area contributed by atoms with Gasteiger partial charge in [0, 0.05) is 33.0 Å². The number of likely N-dealkylation sites (tertiary alicyclic amines) is 1. The Bertz CT molecular complexity index is 564. The fourth-order valence-electron chi connectivity index (χ4n) is 3.11. The zero-order valence-electron chi connectivity index (χ0n) is 11.4. The molecule has 6 nitrogen and oxygen atoms in total. The molecule has 2 aliphatic heterocycles. The molecule has 0 unspecified atom stereocenters. The molecule has 2 aliphatic rings. The van der Waals surface area contributed by atoms with Crippen molar-refractivity contribution >= 4 is 17.6 Å². The number of hydrogen-bond acceptors (Lipinski definition) is 3.